The van der Waals surface area contributed by atoms with Crippen molar-refractivity contribution in [3.8, 4) is 5.75 Å². The van der Waals surface area contributed by atoms with Crippen LogP contribution in [-0.4, -0.2) is 24.5 Å². The summed E-state index contributed by atoms with van der Waals surface area (Å²) in [5, 5.41) is 6.15. The highest BCUT2D eigenvalue weighted by molar-refractivity contribution is 5.76. The zero-order valence-corrected chi connectivity index (χ0v) is 12.7. The van der Waals surface area contributed by atoms with Crippen molar-refractivity contribution in [1.82, 2.24) is 15.6 Å². The smallest absolute Gasteiger partial charge is 0.221 e. The number of hydrogen-bond acceptors (Lipinski definition) is 4. The summed E-state index contributed by atoms with van der Waals surface area (Å²) in [7, 11) is 1.65. The van der Waals surface area contributed by atoms with Gasteiger partial charge in [0.15, 0.2) is 0 Å². The Morgan fingerprint density at radius 3 is 2.41 bits per heavy atom. The highest BCUT2D eigenvalue weighted by Gasteiger charge is 2.01. The van der Waals surface area contributed by atoms with Gasteiger partial charge in [0.1, 0.15) is 5.75 Å². The predicted octanol–water partition coefficient (Wildman–Crippen LogP) is 1.89. The topological polar surface area (TPSA) is 63.2 Å². The van der Waals surface area contributed by atoms with Gasteiger partial charge in [-0.1, -0.05) is 12.1 Å². The summed E-state index contributed by atoms with van der Waals surface area (Å²) in [6, 6.07) is 11.7. The standard InChI is InChI=1S/C17H21N3O2/c1-22-16-4-2-14(3-5-16)12-19-11-8-17(21)20-13-15-6-9-18-10-7-15/h2-7,9-10,19H,8,11-13H2,1H3,(H,20,21). The van der Waals surface area contributed by atoms with Crippen LogP contribution < -0.4 is 15.4 Å². The number of rotatable bonds is 8. The molecule has 0 aliphatic carbocycles. The van der Waals surface area contributed by atoms with E-state index in [9.17, 15) is 4.79 Å². The fourth-order valence-corrected chi connectivity index (χ4v) is 1.97. The fourth-order valence-electron chi connectivity index (χ4n) is 1.97. The first-order valence-electron chi connectivity index (χ1n) is 7.27. The van der Waals surface area contributed by atoms with Gasteiger partial charge in [-0.3, -0.25) is 9.78 Å². The number of carbonyl (C=O) groups is 1. The van der Waals surface area contributed by atoms with Crippen molar-refractivity contribution in [3.05, 3.63) is 59.9 Å². The van der Waals surface area contributed by atoms with Crippen molar-refractivity contribution >= 4 is 5.91 Å². The second kappa shape index (κ2) is 8.79. The molecule has 116 valence electrons. The Morgan fingerprint density at radius 1 is 1.05 bits per heavy atom. The molecule has 0 radical (unpaired) electrons. The van der Waals surface area contributed by atoms with E-state index >= 15 is 0 Å². The minimum absolute atomic E-state index is 0.0408. The van der Waals surface area contributed by atoms with Crippen LogP contribution in [0.25, 0.3) is 0 Å². The van der Waals surface area contributed by atoms with E-state index in [0.717, 1.165) is 23.4 Å². The lowest BCUT2D eigenvalue weighted by Gasteiger charge is -2.07. The van der Waals surface area contributed by atoms with Crippen LogP contribution in [0.3, 0.4) is 0 Å². The first-order valence-corrected chi connectivity index (χ1v) is 7.27. The quantitative estimate of drug-likeness (QED) is 0.731. The summed E-state index contributed by atoms with van der Waals surface area (Å²) in [5.41, 5.74) is 2.22. The third-order valence-corrected chi connectivity index (χ3v) is 3.26. The fraction of sp³-hybridized carbons (Fsp3) is 0.294. The molecule has 0 aliphatic heterocycles. The first kappa shape index (κ1) is 16.0. The maximum Gasteiger partial charge on any atom is 0.221 e. The maximum atomic E-state index is 11.7. The Morgan fingerprint density at radius 2 is 1.73 bits per heavy atom. The molecule has 0 bridgehead atoms. The Labute approximate surface area is 130 Å². The summed E-state index contributed by atoms with van der Waals surface area (Å²) in [5.74, 6) is 0.887. The van der Waals surface area contributed by atoms with Crippen LogP contribution in [0.1, 0.15) is 17.5 Å². The number of amides is 1. The molecule has 2 rings (SSSR count). The van der Waals surface area contributed by atoms with Gasteiger partial charge in [-0.15, -0.1) is 0 Å². The van der Waals surface area contributed by atoms with Crippen molar-refractivity contribution in [2.24, 2.45) is 0 Å². The van der Waals surface area contributed by atoms with E-state index in [2.05, 4.69) is 15.6 Å². The van der Waals surface area contributed by atoms with Gasteiger partial charge in [0.05, 0.1) is 7.11 Å². The van der Waals surface area contributed by atoms with Crippen LogP contribution in [0.4, 0.5) is 0 Å². The van der Waals surface area contributed by atoms with E-state index < -0.39 is 0 Å². The number of nitrogens with zero attached hydrogens (tertiary/aromatic N) is 1. The van der Waals surface area contributed by atoms with E-state index in [1.54, 1.807) is 19.5 Å². The number of aromatic nitrogens is 1. The Bertz CT molecular complexity index is 570. The molecule has 1 amide bonds. The molecule has 5 nitrogen and oxygen atoms in total. The first-order chi connectivity index (χ1) is 10.8. The second-order valence-electron chi connectivity index (χ2n) is 4.91. The van der Waals surface area contributed by atoms with E-state index in [4.69, 9.17) is 4.74 Å². The third kappa shape index (κ3) is 5.54. The lowest BCUT2D eigenvalue weighted by molar-refractivity contribution is -0.121. The molecule has 0 atom stereocenters. The largest absolute Gasteiger partial charge is 0.497 e. The Kier molecular flexibility index (Phi) is 6.39. The highest BCUT2D eigenvalue weighted by Crippen LogP contribution is 2.10. The van der Waals surface area contributed by atoms with Crippen molar-refractivity contribution in [1.29, 1.82) is 0 Å². The van der Waals surface area contributed by atoms with Crippen LogP contribution in [0.15, 0.2) is 48.8 Å². The molecule has 0 saturated carbocycles. The van der Waals surface area contributed by atoms with E-state index in [1.807, 2.05) is 36.4 Å². The minimum Gasteiger partial charge on any atom is -0.497 e. The van der Waals surface area contributed by atoms with Gasteiger partial charge in [0.25, 0.3) is 0 Å². The van der Waals surface area contributed by atoms with Gasteiger partial charge in [-0.05, 0) is 35.4 Å². The normalized spacial score (nSPS) is 10.2. The van der Waals surface area contributed by atoms with Crippen molar-refractivity contribution in [2.45, 2.75) is 19.5 Å². The summed E-state index contributed by atoms with van der Waals surface area (Å²) in [6.45, 7) is 1.93. The summed E-state index contributed by atoms with van der Waals surface area (Å²) in [4.78, 5) is 15.7. The molecule has 0 aliphatic rings. The van der Waals surface area contributed by atoms with E-state index in [0.29, 0.717) is 19.5 Å². The molecule has 0 spiro atoms. The average Bonchev–Trinajstić information content (AvgIpc) is 2.58. The molecule has 1 aromatic carbocycles. The van der Waals surface area contributed by atoms with Crippen LogP contribution in [0, 0.1) is 0 Å². The summed E-state index contributed by atoms with van der Waals surface area (Å²) >= 11 is 0. The Hall–Kier alpha value is -2.40. The summed E-state index contributed by atoms with van der Waals surface area (Å²) < 4.78 is 5.11. The zero-order valence-electron chi connectivity index (χ0n) is 12.7. The van der Waals surface area contributed by atoms with Gasteiger partial charge in [0, 0.05) is 38.4 Å². The average molecular weight is 299 g/mol. The highest BCUT2D eigenvalue weighted by atomic mass is 16.5. The van der Waals surface area contributed by atoms with E-state index in [1.165, 1.54) is 0 Å². The number of ether oxygens (including phenoxy) is 1. The van der Waals surface area contributed by atoms with E-state index in [-0.39, 0.29) is 5.91 Å². The van der Waals surface area contributed by atoms with Crippen LogP contribution in [0.5, 0.6) is 5.75 Å². The van der Waals surface area contributed by atoms with Gasteiger partial charge in [-0.2, -0.15) is 0 Å². The van der Waals surface area contributed by atoms with Gasteiger partial charge in [0.2, 0.25) is 5.91 Å². The van der Waals surface area contributed by atoms with Crippen LogP contribution in [-0.2, 0) is 17.9 Å². The molecular formula is C17H21N3O2. The number of hydrogen-bond donors (Lipinski definition) is 2. The number of methoxy groups -OCH3 is 1. The Balaban J connectivity index is 1.60. The van der Waals surface area contributed by atoms with Crippen molar-refractivity contribution < 1.29 is 9.53 Å². The van der Waals surface area contributed by atoms with Gasteiger partial charge < -0.3 is 15.4 Å². The number of carbonyl (C=O) groups excluding carboxylic acids is 1. The monoisotopic (exact) mass is 299 g/mol. The molecule has 2 N–H and O–H groups in total. The maximum absolute atomic E-state index is 11.7. The molecule has 0 fully saturated rings. The number of nitrogens with one attached hydrogen (secondary N) is 2. The lowest BCUT2D eigenvalue weighted by atomic mass is 10.2. The molecule has 0 unspecified atom stereocenters. The minimum atomic E-state index is 0.0408. The van der Waals surface area contributed by atoms with Gasteiger partial charge in [-0.25, -0.2) is 0 Å². The zero-order chi connectivity index (χ0) is 15.6. The predicted molar refractivity (Wildman–Crippen MR) is 85.4 cm³/mol. The van der Waals surface area contributed by atoms with Crippen LogP contribution in [0.2, 0.25) is 0 Å². The second-order valence-corrected chi connectivity index (χ2v) is 4.91. The molecule has 1 aromatic heterocycles. The molecular weight excluding hydrogens is 278 g/mol. The summed E-state index contributed by atoms with van der Waals surface area (Å²) in [6.07, 6.45) is 3.90. The SMILES string of the molecule is COc1ccc(CNCCC(=O)NCc2ccncc2)cc1. The third-order valence-electron chi connectivity index (χ3n) is 3.26. The molecule has 5 heteroatoms. The molecule has 22 heavy (non-hydrogen) atoms. The number of pyridine rings is 1. The molecule has 2 aromatic rings. The van der Waals surface area contributed by atoms with Gasteiger partial charge >= 0.3 is 0 Å². The molecule has 1 heterocycles. The van der Waals surface area contributed by atoms with Crippen molar-refractivity contribution in [3.63, 3.8) is 0 Å². The van der Waals surface area contributed by atoms with Crippen LogP contribution >= 0.6 is 0 Å². The molecule has 0 saturated heterocycles. The number of benzene rings is 1. The van der Waals surface area contributed by atoms with Crippen molar-refractivity contribution in [2.75, 3.05) is 13.7 Å². The lowest BCUT2D eigenvalue weighted by Crippen LogP contribution is -2.27.